The molecule has 2 aliphatic carbocycles. The minimum absolute atomic E-state index is 0.0542. The molecule has 20 heteroatoms. The third kappa shape index (κ3) is 8.52. The molecule has 1 aromatic heterocycles. The Bertz CT molecular complexity index is 2110. The smallest absolute Gasteiger partial charge is 0.427 e. The number of nitrogens with one attached hydrogen (secondary N) is 3. The minimum Gasteiger partial charge on any atom is -0.494 e. The summed E-state index contributed by atoms with van der Waals surface area (Å²) in [5.41, 5.74) is -4.79. The number of aromatic nitrogens is 1. The van der Waals surface area contributed by atoms with Crippen molar-refractivity contribution in [2.24, 2.45) is 17.8 Å². The van der Waals surface area contributed by atoms with Gasteiger partial charge in [0, 0.05) is 30.6 Å². The molecule has 1 aromatic carbocycles. The zero-order valence-electron chi connectivity index (χ0n) is 32.5. The lowest BCUT2D eigenvalue weighted by Crippen LogP contribution is -2.59. The van der Waals surface area contributed by atoms with Crippen molar-refractivity contribution in [1.29, 1.82) is 0 Å². The number of methoxy groups -OCH3 is 1. The topological polar surface area (TPSA) is 182 Å². The van der Waals surface area contributed by atoms with Crippen molar-refractivity contribution in [3.05, 3.63) is 42.4 Å². The summed E-state index contributed by atoms with van der Waals surface area (Å²) in [5.74, 6) is -4.93. The number of fused-ring (bicyclic) bond motifs is 3. The molecule has 0 unspecified atom stereocenters. The number of pyridine rings is 1. The average Bonchev–Trinajstić information content (AvgIpc) is 4.01. The maximum Gasteiger partial charge on any atom is 0.427 e. The van der Waals surface area contributed by atoms with Gasteiger partial charge < -0.3 is 29.7 Å². The molecule has 2 aromatic rings. The quantitative estimate of drug-likeness (QED) is 0.243. The van der Waals surface area contributed by atoms with Crippen LogP contribution in [-0.2, 0) is 29.1 Å². The second-order valence-corrected chi connectivity index (χ2v) is 18.2. The van der Waals surface area contributed by atoms with E-state index in [1.54, 1.807) is 23.8 Å². The second-order valence-electron chi connectivity index (χ2n) is 16.2. The molecule has 0 bridgehead atoms. The van der Waals surface area contributed by atoms with Crippen LogP contribution >= 0.6 is 0 Å². The number of sulfonamides is 1. The molecule has 1 saturated heterocycles. The van der Waals surface area contributed by atoms with E-state index in [4.69, 9.17) is 14.2 Å². The number of benzene rings is 1. The number of nitrogens with zero attached hydrogens (tertiary/aromatic N) is 2. The molecule has 318 valence electrons. The van der Waals surface area contributed by atoms with Gasteiger partial charge in [0.25, 0.3) is 15.9 Å². The molecule has 7 atom stereocenters. The largest absolute Gasteiger partial charge is 0.494 e. The SMILES string of the molecule is COc1cnc(O[C@@H]2C[C@H]3C(=O)N[C@]4(C(=O)NS(=O)(=O)C5(F)CC5)C[C@@H]4/C=C\CC[C@@H](C)C[C@@H](C)[C@H](NC(=O)OC(C)(C)C(F)(F)F)C(=O)N3C2)c2cc(F)ccc12. The summed E-state index contributed by atoms with van der Waals surface area (Å²) in [5, 5.41) is 2.93. The fraction of sp³-hybridized carbons (Fsp3) is 0.605. The number of alkyl carbamates (subject to hydrolysis) is 1. The van der Waals surface area contributed by atoms with E-state index in [1.165, 1.54) is 25.4 Å². The van der Waals surface area contributed by atoms with Crippen LogP contribution in [0.1, 0.15) is 72.6 Å². The predicted molar refractivity (Wildman–Crippen MR) is 197 cm³/mol. The second kappa shape index (κ2) is 15.4. The van der Waals surface area contributed by atoms with E-state index in [-0.39, 0.29) is 49.4 Å². The first-order valence-electron chi connectivity index (χ1n) is 18.9. The third-order valence-electron chi connectivity index (χ3n) is 11.3. The third-order valence-corrected chi connectivity index (χ3v) is 13.2. The number of rotatable bonds is 8. The number of hydrogen-bond donors (Lipinski definition) is 3. The molecule has 4 aliphatic rings. The lowest BCUT2D eigenvalue weighted by atomic mass is 9.88. The highest BCUT2D eigenvalue weighted by Gasteiger charge is 2.64. The Kier molecular flexibility index (Phi) is 11.4. The van der Waals surface area contributed by atoms with Gasteiger partial charge in [0.2, 0.25) is 28.3 Å². The standard InChI is InChI=1S/C38H46F5N5O9S/c1-20-8-6-7-9-22-17-37(22,33(51)47-58(53,54)36(40)12-13-36)46-30(49)27-16-24(56-31-26-15-23(39)10-11-25(26)28(55-5)18-44-31)19-48(27)32(50)29(21(2)14-20)45-34(52)57-35(3,4)38(41,42)43/h7,9-11,15,18,20-22,24,27,29H,6,8,12-14,16-17,19H2,1-5H3,(H,45,52)(H,46,49)(H,47,51)/b9-7-/t20-,21-,22+,24-,27+,29+,37-/m1/s1. The molecule has 2 aliphatic heterocycles. The Balaban J connectivity index is 1.36. The molecule has 58 heavy (non-hydrogen) atoms. The van der Waals surface area contributed by atoms with Crippen LogP contribution < -0.4 is 24.8 Å². The fourth-order valence-electron chi connectivity index (χ4n) is 7.51. The lowest BCUT2D eigenvalue weighted by Gasteiger charge is -2.34. The average molecular weight is 844 g/mol. The van der Waals surface area contributed by atoms with Crippen molar-refractivity contribution in [3.63, 3.8) is 0 Å². The van der Waals surface area contributed by atoms with Crippen molar-refractivity contribution in [1.82, 2.24) is 25.2 Å². The van der Waals surface area contributed by atoms with Gasteiger partial charge in [0.1, 0.15) is 35.3 Å². The number of carbonyl (C=O) groups is 4. The van der Waals surface area contributed by atoms with Crippen LogP contribution in [0.15, 0.2) is 36.5 Å². The molecule has 0 radical (unpaired) electrons. The van der Waals surface area contributed by atoms with Crippen LogP contribution in [0, 0.1) is 23.6 Å². The van der Waals surface area contributed by atoms with E-state index in [2.05, 4.69) is 15.6 Å². The van der Waals surface area contributed by atoms with E-state index >= 15 is 0 Å². The summed E-state index contributed by atoms with van der Waals surface area (Å²) in [4.78, 5) is 61.2. The Morgan fingerprint density at radius 3 is 2.45 bits per heavy atom. The van der Waals surface area contributed by atoms with Crippen LogP contribution in [0.3, 0.4) is 0 Å². The summed E-state index contributed by atoms with van der Waals surface area (Å²) in [6, 6.07) is 0.810. The fourth-order valence-corrected chi connectivity index (χ4v) is 8.76. The molecule has 4 amide bonds. The maximum atomic E-state index is 14.8. The van der Waals surface area contributed by atoms with Crippen molar-refractivity contribution >= 4 is 44.6 Å². The van der Waals surface area contributed by atoms with Gasteiger partial charge in [0.15, 0.2) is 0 Å². The first-order valence-corrected chi connectivity index (χ1v) is 20.4. The van der Waals surface area contributed by atoms with E-state index in [1.807, 2.05) is 6.92 Å². The summed E-state index contributed by atoms with van der Waals surface area (Å²) >= 11 is 0. The van der Waals surface area contributed by atoms with Crippen molar-refractivity contribution in [2.45, 2.75) is 113 Å². The lowest BCUT2D eigenvalue weighted by molar-refractivity contribution is -0.244. The van der Waals surface area contributed by atoms with Gasteiger partial charge in [-0.2, -0.15) is 13.2 Å². The molecule has 0 spiro atoms. The number of hydrogen-bond acceptors (Lipinski definition) is 10. The highest BCUT2D eigenvalue weighted by atomic mass is 32.2. The molecule has 6 rings (SSSR count). The zero-order valence-corrected chi connectivity index (χ0v) is 33.3. The summed E-state index contributed by atoms with van der Waals surface area (Å²) in [6.45, 7) is 4.44. The molecular formula is C38H46F5N5O9S. The van der Waals surface area contributed by atoms with Crippen molar-refractivity contribution < 1.29 is 63.8 Å². The molecule has 14 nitrogen and oxygen atoms in total. The zero-order chi connectivity index (χ0) is 42.6. The number of ether oxygens (including phenoxy) is 3. The molecule has 2 saturated carbocycles. The molecule has 3 N–H and O–H groups in total. The van der Waals surface area contributed by atoms with Crippen LogP contribution in [0.4, 0.5) is 26.7 Å². The summed E-state index contributed by atoms with van der Waals surface area (Å²) < 4.78 is 114. The molecular weight excluding hydrogens is 798 g/mol. The number of amides is 4. The van der Waals surface area contributed by atoms with Crippen LogP contribution in [0.5, 0.6) is 11.6 Å². The minimum atomic E-state index is -4.96. The number of halogens is 5. The number of allylic oxidation sites excluding steroid dienone is 1. The Hall–Kier alpha value is -4.75. The summed E-state index contributed by atoms with van der Waals surface area (Å²) in [7, 11) is -3.38. The van der Waals surface area contributed by atoms with Gasteiger partial charge in [-0.1, -0.05) is 26.0 Å². The first-order chi connectivity index (χ1) is 27.0. The van der Waals surface area contributed by atoms with Gasteiger partial charge in [-0.05, 0) is 69.6 Å². The van der Waals surface area contributed by atoms with E-state index < -0.39 is 92.0 Å². The highest BCUT2D eigenvalue weighted by Crippen LogP contribution is 2.48. The highest BCUT2D eigenvalue weighted by molar-refractivity contribution is 7.91. The van der Waals surface area contributed by atoms with Gasteiger partial charge in [-0.15, -0.1) is 0 Å². The normalized spacial score (nSPS) is 29.4. The van der Waals surface area contributed by atoms with Gasteiger partial charge in [-0.25, -0.2) is 31.7 Å². The van der Waals surface area contributed by atoms with E-state index in [0.29, 0.717) is 44.2 Å². The Morgan fingerprint density at radius 2 is 1.79 bits per heavy atom. The molecule has 3 heterocycles. The predicted octanol–water partition coefficient (Wildman–Crippen LogP) is 4.96. The van der Waals surface area contributed by atoms with E-state index in [0.717, 1.165) is 11.0 Å². The van der Waals surface area contributed by atoms with Crippen LogP contribution in [-0.4, -0.2) is 96.3 Å². The van der Waals surface area contributed by atoms with Gasteiger partial charge >= 0.3 is 12.3 Å². The van der Waals surface area contributed by atoms with Crippen LogP contribution in [0.25, 0.3) is 10.8 Å². The number of carbonyl (C=O) groups excluding carboxylic acids is 4. The number of alkyl halides is 4. The monoisotopic (exact) mass is 843 g/mol. The summed E-state index contributed by atoms with van der Waals surface area (Å²) in [6.07, 6.45) is -2.43. The Morgan fingerprint density at radius 1 is 1.09 bits per heavy atom. The van der Waals surface area contributed by atoms with Gasteiger partial charge in [-0.3, -0.25) is 14.4 Å². The van der Waals surface area contributed by atoms with Crippen molar-refractivity contribution in [3.8, 4) is 11.6 Å². The van der Waals surface area contributed by atoms with E-state index in [9.17, 15) is 49.5 Å². The van der Waals surface area contributed by atoms with Crippen LogP contribution in [0.2, 0.25) is 0 Å². The molecule has 3 fully saturated rings. The maximum absolute atomic E-state index is 14.8. The Labute approximate surface area is 331 Å². The van der Waals surface area contributed by atoms with Gasteiger partial charge in [0.05, 0.1) is 25.2 Å². The van der Waals surface area contributed by atoms with Crippen molar-refractivity contribution in [2.75, 3.05) is 13.7 Å². The first kappa shape index (κ1) is 42.8.